The first-order chi connectivity index (χ1) is 12.1. The summed E-state index contributed by atoms with van der Waals surface area (Å²) in [5, 5.41) is 3.91. The van der Waals surface area contributed by atoms with Crippen LogP contribution in [0.15, 0.2) is 57.1 Å². The number of benzene rings is 1. The second-order valence-corrected chi connectivity index (χ2v) is 7.50. The van der Waals surface area contributed by atoms with Gasteiger partial charge in [-0.25, -0.2) is 13.9 Å². The minimum absolute atomic E-state index is 0.108. The van der Waals surface area contributed by atoms with Crippen molar-refractivity contribution >= 4 is 23.1 Å². The second-order valence-electron chi connectivity index (χ2n) is 6.02. The Bertz CT molecular complexity index is 748. The molecule has 1 aromatic carbocycles. The fraction of sp³-hybridized carbons (Fsp3) is 0.333. The lowest BCUT2D eigenvalue weighted by atomic mass is 9.98. The number of hydrogen-bond acceptors (Lipinski definition) is 4. The highest BCUT2D eigenvalue weighted by Crippen LogP contribution is 2.21. The maximum absolute atomic E-state index is 12.6. The van der Waals surface area contributed by atoms with Crippen molar-refractivity contribution in [2.45, 2.75) is 24.7 Å². The fourth-order valence-corrected chi connectivity index (χ4v) is 3.91. The van der Waals surface area contributed by atoms with E-state index in [0.29, 0.717) is 31.7 Å². The van der Waals surface area contributed by atoms with Crippen molar-refractivity contribution in [2.75, 3.05) is 13.1 Å². The molecule has 1 unspecified atom stereocenters. The van der Waals surface area contributed by atoms with E-state index in [2.05, 4.69) is 10.5 Å². The minimum Gasteiger partial charge on any atom is -0.463 e. The average molecular weight is 359 g/mol. The van der Waals surface area contributed by atoms with Crippen LogP contribution in [-0.2, 0) is 15.8 Å². The Morgan fingerprint density at radius 3 is 2.64 bits per heavy atom. The summed E-state index contributed by atoms with van der Waals surface area (Å²) < 4.78 is 19.6. The zero-order valence-electron chi connectivity index (χ0n) is 14.1. The van der Waals surface area contributed by atoms with Crippen molar-refractivity contribution in [3.8, 4) is 0 Å². The number of nitrogens with zero attached hydrogens (tertiary/aromatic N) is 2. The Morgan fingerprint density at radius 1 is 1.28 bits per heavy atom. The number of carbonyl (C=O) groups is 1. The first kappa shape index (κ1) is 17.6. The van der Waals surface area contributed by atoms with Gasteiger partial charge in [0.05, 0.1) is 17.4 Å². The SMILES string of the molecule is Cc1ccc(S(=O)N2CCC(C(=O)N/N=C/c3ccco3)CC2)cc1. The molecular weight excluding hydrogens is 338 g/mol. The third-order valence-corrected chi connectivity index (χ3v) is 5.70. The van der Waals surface area contributed by atoms with Crippen LogP contribution in [0.4, 0.5) is 0 Å². The van der Waals surface area contributed by atoms with Crippen LogP contribution in [0.25, 0.3) is 0 Å². The van der Waals surface area contributed by atoms with E-state index < -0.39 is 11.0 Å². The van der Waals surface area contributed by atoms with Gasteiger partial charge in [0.25, 0.3) is 0 Å². The van der Waals surface area contributed by atoms with Crippen LogP contribution in [0.5, 0.6) is 0 Å². The summed E-state index contributed by atoms with van der Waals surface area (Å²) in [7, 11) is -1.17. The largest absolute Gasteiger partial charge is 0.463 e. The highest BCUT2D eigenvalue weighted by atomic mass is 32.2. The van der Waals surface area contributed by atoms with E-state index in [-0.39, 0.29) is 11.8 Å². The van der Waals surface area contributed by atoms with Crippen molar-refractivity contribution in [1.29, 1.82) is 0 Å². The first-order valence-electron chi connectivity index (χ1n) is 8.23. The summed E-state index contributed by atoms with van der Waals surface area (Å²) in [4.78, 5) is 13.0. The predicted octanol–water partition coefficient (Wildman–Crippen LogP) is 2.47. The van der Waals surface area contributed by atoms with Crippen molar-refractivity contribution < 1.29 is 13.4 Å². The Morgan fingerprint density at radius 2 is 2.00 bits per heavy atom. The van der Waals surface area contributed by atoms with Gasteiger partial charge in [0, 0.05) is 19.0 Å². The third kappa shape index (κ3) is 4.64. The predicted molar refractivity (Wildman–Crippen MR) is 96.3 cm³/mol. The number of nitrogens with one attached hydrogen (secondary N) is 1. The molecule has 1 saturated heterocycles. The molecule has 1 N–H and O–H groups in total. The summed E-state index contributed by atoms with van der Waals surface area (Å²) in [6.07, 6.45) is 4.35. The molecule has 132 valence electrons. The molecule has 6 nitrogen and oxygen atoms in total. The molecule has 0 bridgehead atoms. The van der Waals surface area contributed by atoms with Gasteiger partial charge in [-0.05, 0) is 44.0 Å². The molecule has 7 heteroatoms. The van der Waals surface area contributed by atoms with Crippen LogP contribution in [0, 0.1) is 12.8 Å². The van der Waals surface area contributed by atoms with Crippen LogP contribution in [0.3, 0.4) is 0 Å². The fourth-order valence-electron chi connectivity index (χ4n) is 2.70. The number of piperidine rings is 1. The summed E-state index contributed by atoms with van der Waals surface area (Å²) in [5.41, 5.74) is 3.69. The third-order valence-electron chi connectivity index (χ3n) is 4.19. The summed E-state index contributed by atoms with van der Waals surface area (Å²) in [5.74, 6) is 0.368. The van der Waals surface area contributed by atoms with Gasteiger partial charge in [-0.1, -0.05) is 17.7 Å². The Labute approximate surface area is 149 Å². The number of rotatable bonds is 5. The normalized spacial score (nSPS) is 17.6. The van der Waals surface area contributed by atoms with Gasteiger partial charge < -0.3 is 4.42 Å². The molecule has 25 heavy (non-hydrogen) atoms. The van der Waals surface area contributed by atoms with Crippen molar-refractivity contribution in [3.63, 3.8) is 0 Å². The smallest absolute Gasteiger partial charge is 0.243 e. The molecule has 0 saturated carbocycles. The number of aryl methyl sites for hydroxylation is 1. The van der Waals surface area contributed by atoms with Crippen LogP contribution >= 0.6 is 0 Å². The molecule has 2 aromatic rings. The standard InChI is InChI=1S/C18H21N3O3S/c1-14-4-6-17(7-5-14)25(23)21-10-8-15(9-11-21)18(22)20-19-13-16-3-2-12-24-16/h2-7,12-13,15H,8-11H2,1H3,(H,20,22)/b19-13+. The zero-order valence-corrected chi connectivity index (χ0v) is 14.9. The van der Waals surface area contributed by atoms with E-state index in [1.807, 2.05) is 35.5 Å². The van der Waals surface area contributed by atoms with E-state index in [1.165, 1.54) is 6.21 Å². The van der Waals surface area contributed by atoms with E-state index in [1.54, 1.807) is 18.4 Å². The van der Waals surface area contributed by atoms with E-state index in [0.717, 1.165) is 10.5 Å². The Balaban J connectivity index is 1.48. The molecule has 0 radical (unpaired) electrons. The van der Waals surface area contributed by atoms with E-state index >= 15 is 0 Å². The number of amides is 1. The quantitative estimate of drug-likeness (QED) is 0.658. The van der Waals surface area contributed by atoms with Gasteiger partial charge in [0.2, 0.25) is 5.91 Å². The molecule has 1 aliphatic rings. The second kappa shape index (κ2) is 8.22. The van der Waals surface area contributed by atoms with Gasteiger partial charge in [0.1, 0.15) is 16.7 Å². The molecule has 2 heterocycles. The lowest BCUT2D eigenvalue weighted by molar-refractivity contribution is -0.126. The molecule has 1 aromatic heterocycles. The van der Waals surface area contributed by atoms with Crippen molar-refractivity contribution in [3.05, 3.63) is 54.0 Å². The van der Waals surface area contributed by atoms with Gasteiger partial charge in [-0.3, -0.25) is 4.79 Å². The number of hydrazone groups is 1. The average Bonchev–Trinajstić information content (AvgIpc) is 3.15. The monoisotopic (exact) mass is 359 g/mol. The molecule has 1 atom stereocenters. The van der Waals surface area contributed by atoms with Crippen LogP contribution in [-0.4, -0.2) is 33.7 Å². The first-order valence-corrected chi connectivity index (χ1v) is 9.34. The Kier molecular flexibility index (Phi) is 5.78. The molecule has 3 rings (SSSR count). The molecule has 1 fully saturated rings. The van der Waals surface area contributed by atoms with Crippen LogP contribution in [0.1, 0.15) is 24.2 Å². The number of furan rings is 1. The van der Waals surface area contributed by atoms with Gasteiger partial charge in [-0.15, -0.1) is 0 Å². The molecular formula is C18H21N3O3S. The van der Waals surface area contributed by atoms with E-state index in [4.69, 9.17) is 4.42 Å². The minimum atomic E-state index is -1.17. The molecule has 0 aliphatic carbocycles. The Hall–Kier alpha value is -2.25. The van der Waals surface area contributed by atoms with Gasteiger partial charge >= 0.3 is 0 Å². The van der Waals surface area contributed by atoms with Gasteiger partial charge in [-0.2, -0.15) is 5.10 Å². The van der Waals surface area contributed by atoms with Crippen molar-refractivity contribution in [2.24, 2.45) is 11.0 Å². The summed E-state index contributed by atoms with van der Waals surface area (Å²) >= 11 is 0. The molecule has 0 spiro atoms. The van der Waals surface area contributed by atoms with Crippen LogP contribution in [0.2, 0.25) is 0 Å². The topological polar surface area (TPSA) is 74.9 Å². The molecule has 1 amide bonds. The number of carbonyl (C=O) groups excluding carboxylic acids is 1. The number of hydrogen-bond donors (Lipinski definition) is 1. The lowest BCUT2D eigenvalue weighted by Crippen LogP contribution is -2.40. The highest BCUT2D eigenvalue weighted by Gasteiger charge is 2.27. The molecule has 1 aliphatic heterocycles. The lowest BCUT2D eigenvalue weighted by Gasteiger charge is -2.29. The van der Waals surface area contributed by atoms with E-state index in [9.17, 15) is 9.00 Å². The summed E-state index contributed by atoms with van der Waals surface area (Å²) in [6.45, 7) is 3.26. The highest BCUT2D eigenvalue weighted by molar-refractivity contribution is 7.82. The van der Waals surface area contributed by atoms with Gasteiger partial charge in [0.15, 0.2) is 0 Å². The van der Waals surface area contributed by atoms with Crippen molar-refractivity contribution in [1.82, 2.24) is 9.73 Å². The van der Waals surface area contributed by atoms with Crippen LogP contribution < -0.4 is 5.43 Å². The maximum Gasteiger partial charge on any atom is 0.243 e. The summed E-state index contributed by atoms with van der Waals surface area (Å²) in [6, 6.07) is 11.2. The zero-order chi connectivity index (χ0) is 17.6. The maximum atomic E-state index is 12.6.